The molecular formula is C21H24BrNO6. The highest BCUT2D eigenvalue weighted by atomic mass is 79.9. The number of furan rings is 1. The molecule has 8 heteroatoms. The van der Waals surface area contributed by atoms with Crippen molar-refractivity contribution in [3.05, 3.63) is 34.0 Å². The van der Waals surface area contributed by atoms with Crippen LogP contribution in [-0.4, -0.2) is 30.0 Å². The van der Waals surface area contributed by atoms with Crippen molar-refractivity contribution >= 4 is 44.7 Å². The maximum atomic E-state index is 13.0. The second kappa shape index (κ2) is 8.98. The van der Waals surface area contributed by atoms with Crippen molar-refractivity contribution in [3.8, 4) is 0 Å². The molecule has 0 saturated heterocycles. The number of amides is 1. The third-order valence-corrected chi connectivity index (χ3v) is 5.57. The number of halogens is 1. The summed E-state index contributed by atoms with van der Waals surface area (Å²) in [5.41, 5.74) is -0.0766. The van der Waals surface area contributed by atoms with Crippen LogP contribution in [0.5, 0.6) is 0 Å². The molecule has 7 nitrogen and oxygen atoms in total. The fraction of sp³-hybridized carbons (Fsp3) is 0.476. The molecule has 0 radical (unpaired) electrons. The highest BCUT2D eigenvalue weighted by Crippen LogP contribution is 2.32. The summed E-state index contributed by atoms with van der Waals surface area (Å²) in [6, 6.07) is 5.33. The van der Waals surface area contributed by atoms with Gasteiger partial charge >= 0.3 is 11.9 Å². The summed E-state index contributed by atoms with van der Waals surface area (Å²) in [5.74, 6) is -1.36. The van der Waals surface area contributed by atoms with E-state index in [-0.39, 0.29) is 24.9 Å². The molecule has 0 atom stereocenters. The van der Waals surface area contributed by atoms with E-state index < -0.39 is 17.5 Å². The van der Waals surface area contributed by atoms with Gasteiger partial charge < -0.3 is 19.2 Å². The SMILES string of the molecule is CCOC(=O)c1oc2ccc(Br)cc2c1COC(=O)C1(NC(C)=O)CCCCC1. The van der Waals surface area contributed by atoms with Crippen LogP contribution in [0.15, 0.2) is 27.1 Å². The molecule has 0 aliphatic heterocycles. The molecule has 1 aliphatic rings. The van der Waals surface area contributed by atoms with Gasteiger partial charge in [-0.3, -0.25) is 4.79 Å². The maximum absolute atomic E-state index is 13.0. The number of benzene rings is 1. The summed E-state index contributed by atoms with van der Waals surface area (Å²) in [6.07, 6.45) is 3.76. The number of nitrogens with one attached hydrogen (secondary N) is 1. The average molecular weight is 466 g/mol. The first-order chi connectivity index (χ1) is 13.9. The van der Waals surface area contributed by atoms with E-state index in [9.17, 15) is 14.4 Å². The Labute approximate surface area is 177 Å². The number of fused-ring (bicyclic) bond motifs is 1. The van der Waals surface area contributed by atoms with Crippen LogP contribution in [0, 0.1) is 0 Å². The molecule has 1 aliphatic carbocycles. The molecular weight excluding hydrogens is 442 g/mol. The second-order valence-electron chi connectivity index (χ2n) is 7.17. The van der Waals surface area contributed by atoms with Crippen molar-refractivity contribution < 1.29 is 28.3 Å². The molecule has 1 amide bonds. The smallest absolute Gasteiger partial charge is 0.374 e. The number of rotatable bonds is 6. The van der Waals surface area contributed by atoms with E-state index in [0.29, 0.717) is 29.4 Å². The minimum atomic E-state index is -1.02. The standard InChI is InChI=1S/C21H24BrNO6/c1-3-27-19(25)18-16(15-11-14(22)7-8-17(15)29-18)12-28-20(26)21(23-13(2)24)9-5-4-6-10-21/h7-8,11H,3-6,9-10,12H2,1-2H3,(H,23,24). The van der Waals surface area contributed by atoms with Crippen LogP contribution >= 0.6 is 15.9 Å². The molecule has 0 spiro atoms. The van der Waals surface area contributed by atoms with E-state index in [4.69, 9.17) is 13.9 Å². The quantitative estimate of drug-likeness (QED) is 0.640. The predicted octanol–water partition coefficient (Wildman–Crippen LogP) is 4.25. The molecule has 156 valence electrons. The minimum absolute atomic E-state index is 0.0185. The Balaban J connectivity index is 1.89. The van der Waals surface area contributed by atoms with Gasteiger partial charge in [-0.2, -0.15) is 0 Å². The van der Waals surface area contributed by atoms with Crippen LogP contribution in [0.25, 0.3) is 11.0 Å². The second-order valence-corrected chi connectivity index (χ2v) is 8.09. The van der Waals surface area contributed by atoms with Crippen molar-refractivity contribution in [3.63, 3.8) is 0 Å². The molecule has 2 aromatic rings. The van der Waals surface area contributed by atoms with E-state index in [2.05, 4.69) is 21.2 Å². The summed E-state index contributed by atoms with van der Waals surface area (Å²) in [5, 5.41) is 3.45. The maximum Gasteiger partial charge on any atom is 0.374 e. The number of esters is 2. The van der Waals surface area contributed by atoms with Crippen molar-refractivity contribution in [2.45, 2.75) is 58.1 Å². The Hall–Kier alpha value is -2.35. The van der Waals surface area contributed by atoms with Crippen LogP contribution in [0.2, 0.25) is 0 Å². The van der Waals surface area contributed by atoms with E-state index in [0.717, 1.165) is 23.7 Å². The van der Waals surface area contributed by atoms with Gasteiger partial charge in [0.1, 0.15) is 17.7 Å². The molecule has 1 aromatic heterocycles. The van der Waals surface area contributed by atoms with Gasteiger partial charge in [0.15, 0.2) is 0 Å². The first kappa shape index (κ1) is 21.4. The van der Waals surface area contributed by atoms with E-state index in [1.165, 1.54) is 6.92 Å². The first-order valence-corrected chi connectivity index (χ1v) is 10.5. The highest BCUT2D eigenvalue weighted by molar-refractivity contribution is 9.10. The van der Waals surface area contributed by atoms with Gasteiger partial charge in [-0.25, -0.2) is 9.59 Å². The predicted molar refractivity (Wildman–Crippen MR) is 109 cm³/mol. The Kier molecular flexibility index (Phi) is 6.62. The zero-order valence-electron chi connectivity index (χ0n) is 16.5. The Morgan fingerprint density at radius 3 is 2.55 bits per heavy atom. The molecule has 1 fully saturated rings. The number of hydrogen-bond donors (Lipinski definition) is 1. The van der Waals surface area contributed by atoms with E-state index in [1.54, 1.807) is 25.1 Å². The molecule has 1 saturated carbocycles. The van der Waals surface area contributed by atoms with Gasteiger partial charge in [-0.1, -0.05) is 35.2 Å². The molecule has 1 heterocycles. The summed E-state index contributed by atoms with van der Waals surface area (Å²) < 4.78 is 17.2. The monoisotopic (exact) mass is 465 g/mol. The molecule has 29 heavy (non-hydrogen) atoms. The minimum Gasteiger partial charge on any atom is -0.460 e. The lowest BCUT2D eigenvalue weighted by molar-refractivity contribution is -0.156. The van der Waals surface area contributed by atoms with Crippen molar-refractivity contribution in [2.24, 2.45) is 0 Å². The van der Waals surface area contributed by atoms with Gasteiger partial charge in [0, 0.05) is 16.8 Å². The van der Waals surface area contributed by atoms with Crippen LogP contribution in [0.4, 0.5) is 0 Å². The molecule has 0 unspecified atom stereocenters. The lowest BCUT2D eigenvalue weighted by Crippen LogP contribution is -2.55. The molecule has 0 bridgehead atoms. The number of hydrogen-bond acceptors (Lipinski definition) is 6. The largest absolute Gasteiger partial charge is 0.460 e. The Morgan fingerprint density at radius 2 is 1.90 bits per heavy atom. The first-order valence-electron chi connectivity index (χ1n) is 9.70. The third kappa shape index (κ3) is 4.63. The third-order valence-electron chi connectivity index (χ3n) is 5.07. The summed E-state index contributed by atoms with van der Waals surface area (Å²) in [7, 11) is 0. The van der Waals surface area contributed by atoms with E-state index >= 15 is 0 Å². The van der Waals surface area contributed by atoms with Crippen LogP contribution in [0.3, 0.4) is 0 Å². The molecule has 3 rings (SSSR count). The van der Waals surface area contributed by atoms with Gasteiger partial charge in [0.05, 0.1) is 12.2 Å². The highest BCUT2D eigenvalue weighted by Gasteiger charge is 2.42. The fourth-order valence-electron chi connectivity index (χ4n) is 3.77. The molecule has 1 N–H and O–H groups in total. The normalized spacial score (nSPS) is 15.7. The zero-order chi connectivity index (χ0) is 21.0. The van der Waals surface area contributed by atoms with Gasteiger partial charge in [-0.15, -0.1) is 0 Å². The fourth-order valence-corrected chi connectivity index (χ4v) is 4.14. The van der Waals surface area contributed by atoms with E-state index in [1.807, 2.05) is 0 Å². The summed E-state index contributed by atoms with van der Waals surface area (Å²) in [4.78, 5) is 37.0. The summed E-state index contributed by atoms with van der Waals surface area (Å²) >= 11 is 3.41. The number of carbonyl (C=O) groups excluding carboxylic acids is 3. The lowest BCUT2D eigenvalue weighted by Gasteiger charge is -2.35. The average Bonchev–Trinajstić information content (AvgIpc) is 3.04. The zero-order valence-corrected chi connectivity index (χ0v) is 18.1. The van der Waals surface area contributed by atoms with Gasteiger partial charge in [-0.05, 0) is 38.0 Å². The van der Waals surface area contributed by atoms with Crippen molar-refractivity contribution in [1.29, 1.82) is 0 Å². The van der Waals surface area contributed by atoms with Gasteiger partial charge in [0.25, 0.3) is 0 Å². The summed E-state index contributed by atoms with van der Waals surface area (Å²) in [6.45, 7) is 3.14. The Bertz CT molecular complexity index is 929. The topological polar surface area (TPSA) is 94.8 Å². The lowest BCUT2D eigenvalue weighted by atomic mass is 9.81. The van der Waals surface area contributed by atoms with Gasteiger partial charge in [0.2, 0.25) is 11.7 Å². The van der Waals surface area contributed by atoms with Crippen molar-refractivity contribution in [1.82, 2.24) is 5.32 Å². The number of carbonyl (C=O) groups is 3. The van der Waals surface area contributed by atoms with Crippen molar-refractivity contribution in [2.75, 3.05) is 6.61 Å². The Morgan fingerprint density at radius 1 is 1.17 bits per heavy atom. The van der Waals surface area contributed by atoms with Crippen LogP contribution < -0.4 is 5.32 Å². The molecule has 1 aromatic carbocycles. The van der Waals surface area contributed by atoms with Crippen LogP contribution in [-0.2, 0) is 25.7 Å². The number of ether oxygens (including phenoxy) is 2. The van der Waals surface area contributed by atoms with Crippen LogP contribution in [0.1, 0.15) is 62.1 Å².